The average molecular weight is 239 g/mol. The summed E-state index contributed by atoms with van der Waals surface area (Å²) in [4.78, 5) is 8.16. The number of rotatable bonds is 3. The lowest BCUT2D eigenvalue weighted by Gasteiger charge is -2.03. The minimum absolute atomic E-state index is 0.423. The van der Waals surface area contributed by atoms with Gasteiger partial charge in [0.05, 0.1) is 6.54 Å². The molecule has 84 valence electrons. The first-order valence-corrected chi connectivity index (χ1v) is 5.18. The molecule has 1 N–H and O–H groups in total. The lowest BCUT2D eigenvalue weighted by molar-refractivity contribution is 0.391. The van der Waals surface area contributed by atoms with E-state index in [-0.39, 0.29) is 0 Å². The van der Waals surface area contributed by atoms with E-state index in [9.17, 15) is 0 Å². The number of aryl methyl sites for hydroxylation is 2. The Kier molecular flexibility index (Phi) is 3.05. The van der Waals surface area contributed by atoms with Crippen LogP contribution < -0.4 is 5.32 Å². The van der Waals surface area contributed by atoms with E-state index in [4.69, 9.17) is 16.1 Å². The van der Waals surface area contributed by atoms with E-state index in [2.05, 4.69) is 20.4 Å². The van der Waals surface area contributed by atoms with Crippen molar-refractivity contribution < 1.29 is 4.52 Å². The Bertz CT molecular complexity index is 477. The maximum Gasteiger partial charge on any atom is 0.134 e. The van der Waals surface area contributed by atoms with Gasteiger partial charge in [0, 0.05) is 12.1 Å². The number of anilines is 1. The Hall–Kier alpha value is -1.62. The molecule has 0 saturated carbocycles. The normalized spacial score (nSPS) is 10.4. The fourth-order valence-corrected chi connectivity index (χ4v) is 1.53. The van der Waals surface area contributed by atoms with Crippen molar-refractivity contribution in [3.63, 3.8) is 0 Å². The first-order chi connectivity index (χ1) is 7.63. The quantitative estimate of drug-likeness (QED) is 0.832. The van der Waals surface area contributed by atoms with Crippen LogP contribution in [0, 0.1) is 13.8 Å². The van der Waals surface area contributed by atoms with E-state index >= 15 is 0 Å². The highest BCUT2D eigenvalue weighted by Crippen LogP contribution is 2.12. The highest BCUT2D eigenvalue weighted by Gasteiger charge is 2.02. The predicted molar refractivity (Wildman–Crippen MR) is 60.3 cm³/mol. The molecule has 16 heavy (non-hydrogen) atoms. The molecule has 0 saturated heterocycles. The Morgan fingerprint density at radius 1 is 1.31 bits per heavy atom. The summed E-state index contributed by atoms with van der Waals surface area (Å²) in [5, 5.41) is 7.38. The van der Waals surface area contributed by atoms with E-state index in [0.717, 1.165) is 11.5 Å². The van der Waals surface area contributed by atoms with Crippen LogP contribution in [0.1, 0.15) is 17.3 Å². The van der Waals surface area contributed by atoms with Crippen LogP contribution in [-0.2, 0) is 6.54 Å². The van der Waals surface area contributed by atoms with Gasteiger partial charge in [0.25, 0.3) is 0 Å². The minimum atomic E-state index is 0.423. The molecule has 0 aliphatic rings. The zero-order valence-corrected chi connectivity index (χ0v) is 9.75. The summed E-state index contributed by atoms with van der Waals surface area (Å²) in [5.41, 5.74) is 0.824. The van der Waals surface area contributed by atoms with Crippen molar-refractivity contribution >= 4 is 17.4 Å². The average Bonchev–Trinajstić information content (AvgIpc) is 2.60. The lowest BCUT2D eigenvalue weighted by Crippen LogP contribution is -2.03. The number of halogens is 1. The topological polar surface area (TPSA) is 63.8 Å². The van der Waals surface area contributed by atoms with Gasteiger partial charge in [-0.2, -0.15) is 0 Å². The molecule has 0 fully saturated rings. The molecule has 0 radical (unpaired) electrons. The maximum atomic E-state index is 5.81. The van der Waals surface area contributed by atoms with Gasteiger partial charge < -0.3 is 9.84 Å². The van der Waals surface area contributed by atoms with E-state index in [1.165, 1.54) is 0 Å². The SMILES string of the molecule is Cc1nc(Cl)cc(NCc2cc(C)on2)n1. The van der Waals surface area contributed by atoms with Crippen LogP contribution in [-0.4, -0.2) is 15.1 Å². The number of hydrogen-bond donors (Lipinski definition) is 1. The van der Waals surface area contributed by atoms with Crippen LogP contribution in [0.2, 0.25) is 5.15 Å². The monoisotopic (exact) mass is 238 g/mol. The predicted octanol–water partition coefficient (Wildman–Crippen LogP) is 2.35. The van der Waals surface area contributed by atoms with Crippen molar-refractivity contribution in [1.29, 1.82) is 0 Å². The summed E-state index contributed by atoms with van der Waals surface area (Å²) in [6, 6.07) is 3.53. The summed E-state index contributed by atoms with van der Waals surface area (Å²) >= 11 is 5.81. The number of hydrogen-bond acceptors (Lipinski definition) is 5. The van der Waals surface area contributed by atoms with Gasteiger partial charge in [-0.25, -0.2) is 9.97 Å². The number of aromatic nitrogens is 3. The first-order valence-electron chi connectivity index (χ1n) is 4.81. The third-order valence-corrected chi connectivity index (χ3v) is 2.13. The standard InChI is InChI=1S/C10H11ClN4O/c1-6-3-8(15-16-6)5-12-10-4-9(11)13-7(2)14-10/h3-4H,5H2,1-2H3,(H,12,13,14). The molecule has 0 aliphatic heterocycles. The van der Waals surface area contributed by atoms with Crippen molar-refractivity contribution in [2.45, 2.75) is 20.4 Å². The van der Waals surface area contributed by atoms with Gasteiger partial charge in [0.1, 0.15) is 28.2 Å². The molecule has 5 nitrogen and oxygen atoms in total. The van der Waals surface area contributed by atoms with E-state index in [0.29, 0.717) is 23.3 Å². The molecule has 0 spiro atoms. The van der Waals surface area contributed by atoms with Crippen LogP contribution in [0.25, 0.3) is 0 Å². The van der Waals surface area contributed by atoms with Gasteiger partial charge in [0.15, 0.2) is 0 Å². The summed E-state index contributed by atoms with van der Waals surface area (Å²) in [6.45, 7) is 4.18. The Labute approximate surface area is 97.8 Å². The molecular formula is C10H11ClN4O. The van der Waals surface area contributed by atoms with Crippen LogP contribution in [0.4, 0.5) is 5.82 Å². The molecule has 2 heterocycles. The van der Waals surface area contributed by atoms with Gasteiger partial charge in [-0.15, -0.1) is 0 Å². The van der Waals surface area contributed by atoms with Gasteiger partial charge in [-0.1, -0.05) is 16.8 Å². The van der Waals surface area contributed by atoms with E-state index in [1.807, 2.05) is 13.0 Å². The fraction of sp³-hybridized carbons (Fsp3) is 0.300. The molecule has 0 bridgehead atoms. The Morgan fingerprint density at radius 3 is 2.75 bits per heavy atom. The van der Waals surface area contributed by atoms with Gasteiger partial charge >= 0.3 is 0 Å². The first kappa shape index (κ1) is 10.9. The second kappa shape index (κ2) is 4.49. The largest absolute Gasteiger partial charge is 0.364 e. The second-order valence-electron chi connectivity index (χ2n) is 3.41. The molecule has 0 aromatic carbocycles. The van der Waals surface area contributed by atoms with Crippen molar-refractivity contribution in [2.75, 3.05) is 5.32 Å². The molecule has 2 aromatic heterocycles. The smallest absolute Gasteiger partial charge is 0.134 e. The molecule has 0 unspecified atom stereocenters. The van der Waals surface area contributed by atoms with Crippen LogP contribution in [0.15, 0.2) is 16.7 Å². The fourth-order valence-electron chi connectivity index (χ4n) is 1.30. The number of nitrogens with one attached hydrogen (secondary N) is 1. The van der Waals surface area contributed by atoms with Crippen molar-refractivity contribution in [3.05, 3.63) is 34.6 Å². The summed E-state index contributed by atoms with van der Waals surface area (Å²) in [5.74, 6) is 2.10. The minimum Gasteiger partial charge on any atom is -0.364 e. The molecular weight excluding hydrogens is 228 g/mol. The van der Waals surface area contributed by atoms with Crippen LogP contribution >= 0.6 is 11.6 Å². The van der Waals surface area contributed by atoms with E-state index < -0.39 is 0 Å². The Morgan fingerprint density at radius 2 is 2.12 bits per heavy atom. The molecule has 6 heteroatoms. The van der Waals surface area contributed by atoms with Crippen LogP contribution in [0.3, 0.4) is 0 Å². The highest BCUT2D eigenvalue weighted by atomic mass is 35.5. The molecule has 2 rings (SSSR count). The highest BCUT2D eigenvalue weighted by molar-refractivity contribution is 6.29. The molecule has 2 aromatic rings. The maximum absolute atomic E-state index is 5.81. The molecule has 0 atom stereocenters. The number of nitrogens with zero attached hydrogens (tertiary/aromatic N) is 3. The van der Waals surface area contributed by atoms with Crippen molar-refractivity contribution in [3.8, 4) is 0 Å². The third kappa shape index (κ3) is 2.70. The summed E-state index contributed by atoms with van der Waals surface area (Å²) in [6.07, 6.45) is 0. The van der Waals surface area contributed by atoms with Gasteiger partial charge in [-0.05, 0) is 13.8 Å². The molecule has 0 amide bonds. The van der Waals surface area contributed by atoms with Crippen molar-refractivity contribution in [1.82, 2.24) is 15.1 Å². The van der Waals surface area contributed by atoms with Crippen LogP contribution in [0.5, 0.6) is 0 Å². The zero-order chi connectivity index (χ0) is 11.5. The van der Waals surface area contributed by atoms with Gasteiger partial charge in [-0.3, -0.25) is 0 Å². The van der Waals surface area contributed by atoms with Gasteiger partial charge in [0.2, 0.25) is 0 Å². The van der Waals surface area contributed by atoms with E-state index in [1.54, 1.807) is 13.0 Å². The second-order valence-corrected chi connectivity index (χ2v) is 3.79. The Balaban J connectivity index is 2.04. The van der Waals surface area contributed by atoms with Crippen molar-refractivity contribution in [2.24, 2.45) is 0 Å². The zero-order valence-electron chi connectivity index (χ0n) is 8.99. The summed E-state index contributed by atoms with van der Waals surface area (Å²) < 4.78 is 4.95. The lowest BCUT2D eigenvalue weighted by atomic mass is 10.4. The molecule has 0 aliphatic carbocycles. The summed E-state index contributed by atoms with van der Waals surface area (Å²) in [7, 11) is 0. The third-order valence-electron chi connectivity index (χ3n) is 1.93.